The maximum atomic E-state index is 12.3. The molecule has 0 atom stereocenters. The van der Waals surface area contributed by atoms with Crippen LogP contribution in [0, 0.1) is 6.92 Å². The van der Waals surface area contributed by atoms with Gasteiger partial charge in [-0.05, 0) is 36.8 Å². The van der Waals surface area contributed by atoms with Crippen LogP contribution in [0.3, 0.4) is 0 Å². The molecule has 4 rings (SSSR count). The summed E-state index contributed by atoms with van der Waals surface area (Å²) in [6, 6.07) is 11.5. The Labute approximate surface area is 136 Å². The van der Waals surface area contributed by atoms with E-state index in [2.05, 4.69) is 5.10 Å². The van der Waals surface area contributed by atoms with E-state index >= 15 is 0 Å². The van der Waals surface area contributed by atoms with Crippen molar-refractivity contribution in [2.75, 3.05) is 0 Å². The van der Waals surface area contributed by atoms with Crippen LogP contribution < -0.4 is 0 Å². The largest absolute Gasteiger partial charge is 0.384 e. The molecule has 2 amide bonds. The van der Waals surface area contributed by atoms with Gasteiger partial charge in [-0.15, -0.1) is 0 Å². The highest BCUT2D eigenvalue weighted by atomic mass is 16.7. The van der Waals surface area contributed by atoms with Crippen molar-refractivity contribution in [1.82, 2.24) is 14.7 Å². The first-order chi connectivity index (χ1) is 11.6. The van der Waals surface area contributed by atoms with Crippen molar-refractivity contribution in [2.24, 2.45) is 0 Å². The van der Waals surface area contributed by atoms with Gasteiger partial charge in [0.1, 0.15) is 0 Å². The van der Waals surface area contributed by atoms with Gasteiger partial charge in [0.25, 0.3) is 11.8 Å². The summed E-state index contributed by atoms with van der Waals surface area (Å²) in [7, 11) is 0. The van der Waals surface area contributed by atoms with Crippen LogP contribution in [0.15, 0.2) is 48.7 Å². The Kier molecular flexibility index (Phi) is 2.96. The first-order valence-electron chi connectivity index (χ1n) is 7.21. The molecule has 1 aliphatic rings. The summed E-state index contributed by atoms with van der Waals surface area (Å²) in [5.41, 5.74) is 2.11. The zero-order valence-corrected chi connectivity index (χ0v) is 12.6. The van der Waals surface area contributed by atoms with Crippen molar-refractivity contribution in [3.8, 4) is 0 Å². The van der Waals surface area contributed by atoms with Crippen LogP contribution in [0.5, 0.6) is 0 Å². The van der Waals surface area contributed by atoms with Gasteiger partial charge in [0, 0.05) is 6.20 Å². The summed E-state index contributed by atoms with van der Waals surface area (Å²) in [6.45, 7) is 1.89. The van der Waals surface area contributed by atoms with Crippen molar-refractivity contribution >= 4 is 23.3 Å². The number of hydrogen-bond donors (Lipinski definition) is 0. The maximum absolute atomic E-state index is 12.3. The van der Waals surface area contributed by atoms with Gasteiger partial charge in [-0.3, -0.25) is 9.59 Å². The number of pyridine rings is 1. The summed E-state index contributed by atoms with van der Waals surface area (Å²) in [5, 5.41) is 4.58. The summed E-state index contributed by atoms with van der Waals surface area (Å²) >= 11 is 0. The van der Waals surface area contributed by atoms with Gasteiger partial charge in [-0.2, -0.15) is 5.10 Å². The lowest BCUT2D eigenvalue weighted by Gasteiger charge is -2.11. The molecule has 7 nitrogen and oxygen atoms in total. The molecule has 0 N–H and O–H groups in total. The van der Waals surface area contributed by atoms with Gasteiger partial charge < -0.3 is 4.84 Å². The second-order valence-electron chi connectivity index (χ2n) is 5.38. The Balaban J connectivity index is 1.64. The highest BCUT2D eigenvalue weighted by molar-refractivity contribution is 6.21. The molecule has 0 spiro atoms. The van der Waals surface area contributed by atoms with E-state index in [1.54, 1.807) is 30.5 Å². The van der Waals surface area contributed by atoms with E-state index in [0.717, 1.165) is 11.1 Å². The normalized spacial score (nSPS) is 13.5. The van der Waals surface area contributed by atoms with Crippen molar-refractivity contribution < 1.29 is 19.2 Å². The number of hydroxylamine groups is 2. The quantitative estimate of drug-likeness (QED) is 0.674. The Morgan fingerprint density at radius 1 is 1.04 bits per heavy atom. The Morgan fingerprint density at radius 2 is 1.71 bits per heavy atom. The maximum Gasteiger partial charge on any atom is 0.384 e. The monoisotopic (exact) mass is 321 g/mol. The van der Waals surface area contributed by atoms with E-state index in [9.17, 15) is 14.4 Å². The first kappa shape index (κ1) is 14.1. The molecular formula is C17H11N3O4. The van der Waals surface area contributed by atoms with E-state index in [4.69, 9.17) is 4.84 Å². The molecule has 0 fully saturated rings. The van der Waals surface area contributed by atoms with Crippen molar-refractivity contribution in [3.63, 3.8) is 0 Å². The minimum absolute atomic E-state index is 0.0147. The molecule has 24 heavy (non-hydrogen) atoms. The number of aromatic nitrogens is 2. The molecule has 0 saturated heterocycles. The molecule has 3 aromatic rings. The van der Waals surface area contributed by atoms with Gasteiger partial charge in [-0.1, -0.05) is 23.3 Å². The number of benzene rings is 1. The molecule has 0 unspecified atom stereocenters. The fourth-order valence-corrected chi connectivity index (χ4v) is 2.64. The third kappa shape index (κ3) is 1.98. The predicted molar refractivity (Wildman–Crippen MR) is 82.3 cm³/mol. The highest BCUT2D eigenvalue weighted by Gasteiger charge is 2.39. The number of rotatable bonds is 2. The zero-order valence-electron chi connectivity index (χ0n) is 12.6. The molecule has 118 valence electrons. The van der Waals surface area contributed by atoms with Crippen molar-refractivity contribution in [2.45, 2.75) is 6.92 Å². The van der Waals surface area contributed by atoms with Gasteiger partial charge in [-0.25, -0.2) is 9.31 Å². The van der Waals surface area contributed by atoms with Crippen LogP contribution in [0.2, 0.25) is 0 Å². The van der Waals surface area contributed by atoms with Gasteiger partial charge >= 0.3 is 5.97 Å². The average Bonchev–Trinajstić information content (AvgIpc) is 3.12. The van der Waals surface area contributed by atoms with Crippen LogP contribution in [0.1, 0.15) is 36.8 Å². The standard InChI is InChI=1S/C17H11N3O4/c1-10-5-4-8-19-14(10)9-13(18-19)17(23)24-20-15(21)11-6-2-3-7-12(11)16(20)22/h2-9H,1H3. The van der Waals surface area contributed by atoms with Crippen molar-refractivity contribution in [3.05, 3.63) is 71.0 Å². The molecular weight excluding hydrogens is 310 g/mol. The zero-order chi connectivity index (χ0) is 16.8. The summed E-state index contributed by atoms with van der Waals surface area (Å²) in [6.07, 6.45) is 1.70. The SMILES string of the molecule is Cc1cccn2nc(C(=O)ON3C(=O)c4ccccc4C3=O)cc12. The lowest BCUT2D eigenvalue weighted by molar-refractivity contribution is -0.0588. The van der Waals surface area contributed by atoms with E-state index < -0.39 is 17.8 Å². The smallest absolute Gasteiger partial charge is 0.322 e. The third-order valence-corrected chi connectivity index (χ3v) is 3.85. The lowest BCUT2D eigenvalue weighted by atomic mass is 10.1. The number of imide groups is 1. The van der Waals surface area contributed by atoms with Gasteiger partial charge in [0.2, 0.25) is 0 Å². The molecule has 3 heterocycles. The van der Waals surface area contributed by atoms with Gasteiger partial charge in [0.15, 0.2) is 5.69 Å². The molecule has 0 radical (unpaired) electrons. The predicted octanol–water partition coefficient (Wildman–Crippen LogP) is 2.01. The molecule has 0 bridgehead atoms. The summed E-state index contributed by atoms with van der Waals surface area (Å²) in [5.74, 6) is -2.19. The first-order valence-corrected chi connectivity index (χ1v) is 7.21. The third-order valence-electron chi connectivity index (χ3n) is 3.85. The van der Waals surface area contributed by atoms with Crippen LogP contribution in [-0.4, -0.2) is 32.5 Å². The number of fused-ring (bicyclic) bond motifs is 2. The average molecular weight is 321 g/mol. The molecule has 1 aromatic carbocycles. The van der Waals surface area contributed by atoms with E-state index in [1.165, 1.54) is 16.6 Å². The molecule has 0 saturated carbocycles. The second kappa shape index (κ2) is 5.02. The Morgan fingerprint density at radius 3 is 2.33 bits per heavy atom. The van der Waals surface area contributed by atoms with Crippen molar-refractivity contribution in [1.29, 1.82) is 0 Å². The van der Waals surface area contributed by atoms with Gasteiger partial charge in [0.05, 0.1) is 16.6 Å². The Bertz CT molecular complexity index is 987. The van der Waals surface area contributed by atoms with Crippen LogP contribution in [0.4, 0.5) is 0 Å². The molecule has 2 aromatic heterocycles. The lowest BCUT2D eigenvalue weighted by Crippen LogP contribution is -2.32. The summed E-state index contributed by atoms with van der Waals surface area (Å²) in [4.78, 5) is 41.7. The van der Waals surface area contributed by atoms with Crippen LogP contribution >= 0.6 is 0 Å². The molecule has 1 aliphatic heterocycles. The van der Waals surface area contributed by atoms with E-state index in [0.29, 0.717) is 5.06 Å². The number of carbonyl (C=O) groups is 3. The van der Waals surface area contributed by atoms with E-state index in [-0.39, 0.29) is 16.8 Å². The number of nitrogens with zero attached hydrogens (tertiary/aromatic N) is 3. The highest BCUT2D eigenvalue weighted by Crippen LogP contribution is 2.23. The number of carbonyl (C=O) groups excluding carboxylic acids is 3. The fraction of sp³-hybridized carbons (Fsp3) is 0.0588. The fourth-order valence-electron chi connectivity index (χ4n) is 2.64. The topological polar surface area (TPSA) is 81.0 Å². The number of hydrogen-bond acceptors (Lipinski definition) is 5. The Hall–Kier alpha value is -3.48. The molecule has 0 aliphatic carbocycles. The second-order valence-corrected chi connectivity index (χ2v) is 5.38. The summed E-state index contributed by atoms with van der Waals surface area (Å²) < 4.78 is 1.54. The van der Waals surface area contributed by atoms with Crippen LogP contribution in [0.25, 0.3) is 5.52 Å². The molecule has 7 heteroatoms. The van der Waals surface area contributed by atoms with Crippen LogP contribution in [-0.2, 0) is 4.84 Å². The number of aryl methyl sites for hydroxylation is 1. The number of amides is 2. The minimum atomic E-state index is -0.868. The van der Waals surface area contributed by atoms with E-state index in [1.807, 2.05) is 13.0 Å². The minimum Gasteiger partial charge on any atom is -0.322 e.